The van der Waals surface area contributed by atoms with Crippen molar-refractivity contribution in [3.05, 3.63) is 0 Å². The molecule has 1 heterocycles. The van der Waals surface area contributed by atoms with Crippen LogP contribution in [0.15, 0.2) is 0 Å². The van der Waals surface area contributed by atoms with Crippen LogP contribution in [0.25, 0.3) is 0 Å². The van der Waals surface area contributed by atoms with Crippen molar-refractivity contribution < 1.29 is 14.6 Å². The lowest BCUT2D eigenvalue weighted by atomic mass is 9.90. The van der Waals surface area contributed by atoms with Gasteiger partial charge in [-0.15, -0.1) is 0 Å². The predicted octanol–water partition coefficient (Wildman–Crippen LogP) is -0.748. The van der Waals surface area contributed by atoms with Crippen molar-refractivity contribution in [3.8, 4) is 0 Å². The van der Waals surface area contributed by atoms with Gasteiger partial charge in [-0.1, -0.05) is 0 Å². The molecule has 0 radical (unpaired) electrons. The Morgan fingerprint density at radius 1 is 1.53 bits per heavy atom. The molecule has 0 aromatic heterocycles. The number of hydrogen-bond donors (Lipinski definition) is 3. The van der Waals surface area contributed by atoms with Crippen LogP contribution >= 0.6 is 0 Å². The third kappa shape index (κ3) is 3.15. The van der Waals surface area contributed by atoms with E-state index in [9.17, 15) is 9.90 Å². The summed E-state index contributed by atoms with van der Waals surface area (Å²) in [4.78, 5) is 11.7. The Kier molecular flexibility index (Phi) is 4.50. The van der Waals surface area contributed by atoms with E-state index in [1.807, 2.05) is 0 Å². The highest BCUT2D eigenvalue weighted by Gasteiger charge is 2.34. The van der Waals surface area contributed by atoms with Gasteiger partial charge in [0, 0.05) is 13.2 Å². The summed E-state index contributed by atoms with van der Waals surface area (Å²) >= 11 is 0. The number of carbonyl (C=O) groups is 1. The lowest BCUT2D eigenvalue weighted by molar-refractivity contribution is -0.126. The standard InChI is InChI=1S/C10H20N2O3/c1-8(11-2)9(14)12-10(7-13)3-5-15-6-4-10/h8,11,13H,3-7H2,1-2H3,(H,12,14). The van der Waals surface area contributed by atoms with E-state index in [2.05, 4.69) is 10.6 Å². The summed E-state index contributed by atoms with van der Waals surface area (Å²) in [5.41, 5.74) is -0.486. The largest absolute Gasteiger partial charge is 0.394 e. The minimum Gasteiger partial charge on any atom is -0.394 e. The van der Waals surface area contributed by atoms with Crippen LogP contribution in [0.1, 0.15) is 19.8 Å². The highest BCUT2D eigenvalue weighted by Crippen LogP contribution is 2.19. The first kappa shape index (κ1) is 12.4. The van der Waals surface area contributed by atoms with Gasteiger partial charge in [-0.25, -0.2) is 0 Å². The van der Waals surface area contributed by atoms with Gasteiger partial charge < -0.3 is 20.5 Å². The second-order valence-electron chi connectivity index (χ2n) is 4.05. The Morgan fingerprint density at radius 2 is 2.13 bits per heavy atom. The number of aliphatic hydroxyl groups is 1. The highest BCUT2D eigenvalue weighted by atomic mass is 16.5. The van der Waals surface area contributed by atoms with E-state index in [-0.39, 0.29) is 18.6 Å². The lowest BCUT2D eigenvalue weighted by Crippen LogP contribution is -2.58. The predicted molar refractivity (Wildman–Crippen MR) is 56.5 cm³/mol. The zero-order chi connectivity index (χ0) is 11.3. The molecule has 3 N–H and O–H groups in total. The van der Waals surface area contributed by atoms with E-state index in [1.165, 1.54) is 0 Å². The minimum absolute atomic E-state index is 0.0292. The fourth-order valence-corrected chi connectivity index (χ4v) is 1.59. The molecule has 0 aliphatic carbocycles. The molecule has 0 spiro atoms. The maximum absolute atomic E-state index is 11.7. The van der Waals surface area contributed by atoms with Gasteiger partial charge in [0.05, 0.1) is 18.2 Å². The maximum Gasteiger partial charge on any atom is 0.237 e. The smallest absolute Gasteiger partial charge is 0.237 e. The normalized spacial score (nSPS) is 22.1. The average molecular weight is 216 g/mol. The number of nitrogens with one attached hydrogen (secondary N) is 2. The van der Waals surface area contributed by atoms with Crippen LogP contribution in [0.4, 0.5) is 0 Å². The van der Waals surface area contributed by atoms with Crippen molar-refractivity contribution in [2.45, 2.75) is 31.3 Å². The van der Waals surface area contributed by atoms with Crippen LogP contribution < -0.4 is 10.6 Å². The summed E-state index contributed by atoms with van der Waals surface area (Å²) in [5.74, 6) is -0.0755. The van der Waals surface area contributed by atoms with E-state index in [1.54, 1.807) is 14.0 Å². The van der Waals surface area contributed by atoms with Gasteiger partial charge >= 0.3 is 0 Å². The Hall–Kier alpha value is -0.650. The molecule has 0 aromatic carbocycles. The van der Waals surface area contributed by atoms with Gasteiger partial charge in [-0.05, 0) is 26.8 Å². The van der Waals surface area contributed by atoms with Crippen LogP contribution in [0.5, 0.6) is 0 Å². The van der Waals surface area contributed by atoms with E-state index in [0.717, 1.165) is 0 Å². The van der Waals surface area contributed by atoms with Crippen molar-refractivity contribution in [3.63, 3.8) is 0 Å². The van der Waals surface area contributed by atoms with Gasteiger partial charge in [0.15, 0.2) is 0 Å². The van der Waals surface area contributed by atoms with Crippen molar-refractivity contribution >= 4 is 5.91 Å². The van der Waals surface area contributed by atoms with Crippen molar-refractivity contribution in [1.82, 2.24) is 10.6 Å². The molecule has 1 unspecified atom stereocenters. The number of carbonyl (C=O) groups excluding carboxylic acids is 1. The van der Waals surface area contributed by atoms with Gasteiger partial charge in [-0.2, -0.15) is 0 Å². The summed E-state index contributed by atoms with van der Waals surface area (Å²) in [6.45, 7) is 2.95. The van der Waals surface area contributed by atoms with E-state index in [4.69, 9.17) is 4.74 Å². The van der Waals surface area contributed by atoms with Gasteiger partial charge in [-0.3, -0.25) is 4.79 Å². The summed E-state index contributed by atoms with van der Waals surface area (Å²) in [6, 6.07) is -0.240. The molecule has 1 aliphatic heterocycles. The minimum atomic E-state index is -0.486. The Balaban J connectivity index is 2.55. The maximum atomic E-state index is 11.7. The third-order valence-electron chi connectivity index (χ3n) is 2.97. The van der Waals surface area contributed by atoms with Crippen molar-refractivity contribution in [2.24, 2.45) is 0 Å². The Bertz CT molecular complexity index is 215. The zero-order valence-corrected chi connectivity index (χ0v) is 9.38. The molecule has 5 heteroatoms. The molecular weight excluding hydrogens is 196 g/mol. The topological polar surface area (TPSA) is 70.6 Å². The molecule has 1 amide bonds. The number of aliphatic hydroxyl groups excluding tert-OH is 1. The molecule has 5 nitrogen and oxygen atoms in total. The third-order valence-corrected chi connectivity index (χ3v) is 2.97. The van der Waals surface area contributed by atoms with Gasteiger partial charge in [0.1, 0.15) is 0 Å². The molecule has 1 saturated heterocycles. The molecule has 15 heavy (non-hydrogen) atoms. The number of ether oxygens (including phenoxy) is 1. The van der Waals surface area contributed by atoms with Crippen LogP contribution in [0.2, 0.25) is 0 Å². The monoisotopic (exact) mass is 216 g/mol. The number of likely N-dealkylation sites (N-methyl/N-ethyl adjacent to an activating group) is 1. The lowest BCUT2D eigenvalue weighted by Gasteiger charge is -2.37. The Labute approximate surface area is 90.2 Å². The fraction of sp³-hybridized carbons (Fsp3) is 0.900. The number of rotatable bonds is 4. The highest BCUT2D eigenvalue weighted by molar-refractivity contribution is 5.82. The molecule has 0 aromatic rings. The number of amides is 1. The first-order valence-electron chi connectivity index (χ1n) is 5.31. The van der Waals surface area contributed by atoms with E-state index >= 15 is 0 Å². The molecule has 1 aliphatic rings. The summed E-state index contributed by atoms with van der Waals surface area (Å²) in [5, 5.41) is 15.1. The first-order valence-corrected chi connectivity index (χ1v) is 5.31. The van der Waals surface area contributed by atoms with Crippen LogP contribution in [0.3, 0.4) is 0 Å². The molecule has 88 valence electrons. The second-order valence-corrected chi connectivity index (χ2v) is 4.05. The quantitative estimate of drug-likeness (QED) is 0.578. The fourth-order valence-electron chi connectivity index (χ4n) is 1.59. The van der Waals surface area contributed by atoms with Crippen molar-refractivity contribution in [2.75, 3.05) is 26.9 Å². The zero-order valence-electron chi connectivity index (χ0n) is 9.38. The molecule has 1 rings (SSSR count). The van der Waals surface area contributed by atoms with Gasteiger partial charge in [0.2, 0.25) is 5.91 Å². The van der Waals surface area contributed by atoms with E-state index < -0.39 is 5.54 Å². The molecular formula is C10H20N2O3. The SMILES string of the molecule is CNC(C)C(=O)NC1(CO)CCOCC1. The average Bonchev–Trinajstić information content (AvgIpc) is 2.29. The van der Waals surface area contributed by atoms with Crippen molar-refractivity contribution in [1.29, 1.82) is 0 Å². The molecule has 0 saturated carbocycles. The molecule has 0 bridgehead atoms. The summed E-state index contributed by atoms with van der Waals surface area (Å²) in [6.07, 6.45) is 1.34. The van der Waals surface area contributed by atoms with Crippen LogP contribution in [-0.4, -0.2) is 49.5 Å². The first-order chi connectivity index (χ1) is 7.13. The number of hydrogen-bond acceptors (Lipinski definition) is 4. The molecule has 1 atom stereocenters. The summed E-state index contributed by atoms with van der Waals surface area (Å²) in [7, 11) is 1.74. The van der Waals surface area contributed by atoms with E-state index in [0.29, 0.717) is 26.1 Å². The second kappa shape index (κ2) is 5.44. The summed E-state index contributed by atoms with van der Waals surface area (Å²) < 4.78 is 5.22. The Morgan fingerprint density at radius 3 is 2.60 bits per heavy atom. The van der Waals surface area contributed by atoms with Crippen LogP contribution in [-0.2, 0) is 9.53 Å². The van der Waals surface area contributed by atoms with Gasteiger partial charge in [0.25, 0.3) is 0 Å². The van der Waals surface area contributed by atoms with Crippen LogP contribution in [0, 0.1) is 0 Å². The molecule has 1 fully saturated rings.